The molecular formula is C16H18N2O2. The van der Waals surface area contributed by atoms with Gasteiger partial charge in [-0.3, -0.25) is 9.78 Å². The maximum absolute atomic E-state index is 12.1. The van der Waals surface area contributed by atoms with Gasteiger partial charge >= 0.3 is 0 Å². The first-order chi connectivity index (χ1) is 9.81. The fraction of sp³-hybridized carbons (Fsp3) is 0.250. The smallest absolute Gasteiger partial charge is 0.257 e. The highest BCUT2D eigenvalue weighted by atomic mass is 16.5. The van der Waals surface area contributed by atoms with Crippen molar-refractivity contribution in [2.45, 2.75) is 19.8 Å². The van der Waals surface area contributed by atoms with E-state index < -0.39 is 0 Å². The van der Waals surface area contributed by atoms with E-state index in [0.29, 0.717) is 23.6 Å². The maximum atomic E-state index is 12.1. The van der Waals surface area contributed by atoms with Crippen LogP contribution < -0.4 is 10.1 Å². The van der Waals surface area contributed by atoms with Crippen LogP contribution in [-0.4, -0.2) is 17.5 Å². The van der Waals surface area contributed by atoms with Crippen molar-refractivity contribution in [3.8, 4) is 5.75 Å². The number of rotatable bonds is 6. The van der Waals surface area contributed by atoms with Crippen LogP contribution in [0.4, 0.5) is 5.69 Å². The number of pyridine rings is 1. The molecule has 20 heavy (non-hydrogen) atoms. The summed E-state index contributed by atoms with van der Waals surface area (Å²) >= 11 is 0. The molecule has 0 bridgehead atoms. The quantitative estimate of drug-likeness (QED) is 0.817. The number of carbonyl (C=O) groups is 1. The first kappa shape index (κ1) is 14.1. The lowest BCUT2D eigenvalue weighted by molar-refractivity contribution is 0.102. The second-order valence-corrected chi connectivity index (χ2v) is 4.39. The molecule has 1 N–H and O–H groups in total. The van der Waals surface area contributed by atoms with E-state index in [1.807, 2.05) is 24.3 Å². The van der Waals surface area contributed by atoms with Gasteiger partial charge in [-0.25, -0.2) is 0 Å². The zero-order chi connectivity index (χ0) is 14.2. The normalized spacial score (nSPS) is 10.1. The number of hydrogen-bond acceptors (Lipinski definition) is 3. The Morgan fingerprint density at radius 3 is 2.85 bits per heavy atom. The van der Waals surface area contributed by atoms with Crippen molar-refractivity contribution in [1.29, 1.82) is 0 Å². The number of benzene rings is 1. The highest BCUT2D eigenvalue weighted by Crippen LogP contribution is 2.24. The van der Waals surface area contributed by atoms with E-state index in [1.54, 1.807) is 18.3 Å². The van der Waals surface area contributed by atoms with Crippen LogP contribution in [0.2, 0.25) is 0 Å². The molecule has 0 radical (unpaired) electrons. The number of anilines is 1. The Hall–Kier alpha value is -2.36. The van der Waals surface area contributed by atoms with Crippen LogP contribution in [0.5, 0.6) is 5.75 Å². The molecule has 0 aliphatic rings. The van der Waals surface area contributed by atoms with Crippen LogP contribution in [-0.2, 0) is 0 Å². The Balaban J connectivity index is 2.07. The summed E-state index contributed by atoms with van der Waals surface area (Å²) in [6.07, 6.45) is 5.24. The largest absolute Gasteiger partial charge is 0.491 e. The number of para-hydroxylation sites is 2. The summed E-state index contributed by atoms with van der Waals surface area (Å²) in [7, 11) is 0. The van der Waals surface area contributed by atoms with Crippen molar-refractivity contribution in [3.05, 3.63) is 54.4 Å². The molecule has 104 valence electrons. The Morgan fingerprint density at radius 1 is 1.25 bits per heavy atom. The molecule has 0 saturated heterocycles. The molecule has 1 amide bonds. The molecule has 0 saturated carbocycles. The SMILES string of the molecule is CCCCOc1ccccc1NC(=O)c1cccnc1. The Bertz CT molecular complexity index is 555. The summed E-state index contributed by atoms with van der Waals surface area (Å²) < 4.78 is 5.68. The highest BCUT2D eigenvalue weighted by Gasteiger charge is 2.09. The van der Waals surface area contributed by atoms with Gasteiger partial charge in [-0.05, 0) is 30.7 Å². The third-order valence-electron chi connectivity index (χ3n) is 2.81. The molecule has 0 spiro atoms. The third kappa shape index (κ3) is 3.82. The number of ether oxygens (including phenoxy) is 1. The van der Waals surface area contributed by atoms with E-state index in [4.69, 9.17) is 4.74 Å². The van der Waals surface area contributed by atoms with Gasteiger partial charge in [0, 0.05) is 12.4 Å². The number of carbonyl (C=O) groups excluding carboxylic acids is 1. The average Bonchev–Trinajstić information content (AvgIpc) is 2.50. The minimum atomic E-state index is -0.190. The number of amides is 1. The molecule has 1 heterocycles. The third-order valence-corrected chi connectivity index (χ3v) is 2.81. The summed E-state index contributed by atoms with van der Waals surface area (Å²) in [4.78, 5) is 16.0. The predicted octanol–water partition coefficient (Wildman–Crippen LogP) is 3.51. The van der Waals surface area contributed by atoms with Gasteiger partial charge in [0.2, 0.25) is 0 Å². The standard InChI is InChI=1S/C16H18N2O2/c1-2-3-11-20-15-9-5-4-8-14(15)18-16(19)13-7-6-10-17-12-13/h4-10,12H,2-3,11H2,1H3,(H,18,19). The molecule has 4 heteroatoms. The molecule has 1 aromatic heterocycles. The van der Waals surface area contributed by atoms with Gasteiger partial charge in [0.15, 0.2) is 0 Å². The molecule has 0 atom stereocenters. The molecule has 2 aromatic rings. The van der Waals surface area contributed by atoms with Gasteiger partial charge in [-0.15, -0.1) is 0 Å². The van der Waals surface area contributed by atoms with Crippen LogP contribution in [0.25, 0.3) is 0 Å². The fourth-order valence-electron chi connectivity index (χ4n) is 1.71. The maximum Gasteiger partial charge on any atom is 0.257 e. The van der Waals surface area contributed by atoms with Gasteiger partial charge in [0.1, 0.15) is 5.75 Å². The van der Waals surface area contributed by atoms with Crippen LogP contribution in [0, 0.1) is 0 Å². The summed E-state index contributed by atoms with van der Waals surface area (Å²) in [5.74, 6) is 0.503. The number of aromatic nitrogens is 1. The van der Waals surface area contributed by atoms with Gasteiger partial charge < -0.3 is 10.1 Å². The average molecular weight is 270 g/mol. The second-order valence-electron chi connectivity index (χ2n) is 4.39. The summed E-state index contributed by atoms with van der Waals surface area (Å²) in [6, 6.07) is 10.9. The lowest BCUT2D eigenvalue weighted by atomic mass is 10.2. The van der Waals surface area contributed by atoms with Gasteiger partial charge in [-0.2, -0.15) is 0 Å². The van der Waals surface area contributed by atoms with Gasteiger partial charge in [-0.1, -0.05) is 25.5 Å². The number of nitrogens with zero attached hydrogens (tertiary/aromatic N) is 1. The minimum absolute atomic E-state index is 0.190. The van der Waals surface area contributed by atoms with Gasteiger partial charge in [0.05, 0.1) is 17.9 Å². The lowest BCUT2D eigenvalue weighted by Gasteiger charge is -2.12. The highest BCUT2D eigenvalue weighted by molar-refractivity contribution is 6.04. The minimum Gasteiger partial charge on any atom is -0.491 e. The summed E-state index contributed by atoms with van der Waals surface area (Å²) in [6.45, 7) is 2.76. The molecular weight excluding hydrogens is 252 g/mol. The van der Waals surface area contributed by atoms with Crippen LogP contribution in [0.15, 0.2) is 48.8 Å². The Kier molecular flexibility index (Phi) is 5.12. The van der Waals surface area contributed by atoms with E-state index in [2.05, 4.69) is 17.2 Å². The van der Waals surface area contributed by atoms with E-state index >= 15 is 0 Å². The number of nitrogens with one attached hydrogen (secondary N) is 1. The molecule has 4 nitrogen and oxygen atoms in total. The van der Waals surface area contributed by atoms with E-state index in [1.165, 1.54) is 6.20 Å². The first-order valence-electron chi connectivity index (χ1n) is 6.74. The van der Waals surface area contributed by atoms with E-state index in [-0.39, 0.29) is 5.91 Å². The monoisotopic (exact) mass is 270 g/mol. The van der Waals surface area contributed by atoms with Crippen molar-refractivity contribution < 1.29 is 9.53 Å². The van der Waals surface area contributed by atoms with Crippen LogP contribution >= 0.6 is 0 Å². The summed E-state index contributed by atoms with van der Waals surface area (Å²) in [5.41, 5.74) is 1.20. The zero-order valence-corrected chi connectivity index (χ0v) is 11.5. The number of unbranched alkanes of at least 4 members (excludes halogenated alkanes) is 1. The lowest BCUT2D eigenvalue weighted by Crippen LogP contribution is -2.13. The molecule has 1 aromatic carbocycles. The molecule has 0 aliphatic heterocycles. The molecule has 0 fully saturated rings. The van der Waals surface area contributed by atoms with Crippen LogP contribution in [0.3, 0.4) is 0 Å². The fourth-order valence-corrected chi connectivity index (χ4v) is 1.71. The molecule has 2 rings (SSSR count). The van der Waals surface area contributed by atoms with Crippen molar-refractivity contribution in [2.24, 2.45) is 0 Å². The van der Waals surface area contributed by atoms with E-state index in [9.17, 15) is 4.79 Å². The Morgan fingerprint density at radius 2 is 2.10 bits per heavy atom. The summed E-state index contributed by atoms with van der Waals surface area (Å²) in [5, 5.41) is 2.85. The molecule has 0 unspecified atom stereocenters. The predicted molar refractivity (Wildman–Crippen MR) is 79.0 cm³/mol. The van der Waals surface area contributed by atoms with Crippen LogP contribution in [0.1, 0.15) is 30.1 Å². The topological polar surface area (TPSA) is 51.2 Å². The van der Waals surface area contributed by atoms with Crippen molar-refractivity contribution in [1.82, 2.24) is 4.98 Å². The van der Waals surface area contributed by atoms with Crippen molar-refractivity contribution in [2.75, 3.05) is 11.9 Å². The Labute approximate surface area is 118 Å². The van der Waals surface area contributed by atoms with Gasteiger partial charge in [0.25, 0.3) is 5.91 Å². The second kappa shape index (κ2) is 7.28. The van der Waals surface area contributed by atoms with Crippen molar-refractivity contribution in [3.63, 3.8) is 0 Å². The van der Waals surface area contributed by atoms with E-state index in [0.717, 1.165) is 12.8 Å². The van der Waals surface area contributed by atoms with Crippen molar-refractivity contribution >= 4 is 11.6 Å². The number of hydrogen-bond donors (Lipinski definition) is 1. The zero-order valence-electron chi connectivity index (χ0n) is 11.5. The molecule has 0 aliphatic carbocycles. The first-order valence-corrected chi connectivity index (χ1v) is 6.74.